The van der Waals surface area contributed by atoms with Gasteiger partial charge in [0.2, 0.25) is 0 Å². The Bertz CT molecular complexity index is 1710. The van der Waals surface area contributed by atoms with E-state index < -0.39 is 14.9 Å². The minimum absolute atomic E-state index is 0. The van der Waals surface area contributed by atoms with E-state index in [0.717, 1.165) is 42.7 Å². The first-order valence-corrected chi connectivity index (χ1v) is 16.2. The Labute approximate surface area is 242 Å². The van der Waals surface area contributed by atoms with Crippen molar-refractivity contribution in [1.82, 2.24) is 9.97 Å². The average Bonchev–Trinajstić information content (AvgIpc) is 3.31. The van der Waals surface area contributed by atoms with Crippen LogP contribution in [0.15, 0.2) is 97.3 Å². The van der Waals surface area contributed by atoms with Crippen LogP contribution in [0.5, 0.6) is 0 Å². The van der Waals surface area contributed by atoms with E-state index in [2.05, 4.69) is 53.9 Å². The molecule has 0 aliphatic rings. The maximum atomic E-state index is 7.72. The number of hydrogen-bond acceptors (Lipinski definition) is 3. The maximum absolute atomic E-state index is 7.72. The second-order valence-electron chi connectivity index (χ2n) is 9.58. The summed E-state index contributed by atoms with van der Waals surface area (Å²) in [6.45, 7) is 4.89. The van der Waals surface area contributed by atoms with Crippen molar-refractivity contribution in [3.05, 3.63) is 115 Å². The van der Waals surface area contributed by atoms with Crippen molar-refractivity contribution in [2.75, 3.05) is 0 Å². The molecule has 3 aromatic heterocycles. The largest absolute Gasteiger partial charge is 0.305 e. The van der Waals surface area contributed by atoms with E-state index in [9.17, 15) is 0 Å². The number of benzene rings is 3. The Kier molecular flexibility index (Phi) is 7.28. The van der Waals surface area contributed by atoms with Crippen LogP contribution in [0.3, 0.4) is 0 Å². The zero-order valence-electron chi connectivity index (χ0n) is 23.9. The molecule has 0 aliphatic heterocycles. The van der Waals surface area contributed by atoms with E-state index in [4.69, 9.17) is 4.11 Å². The maximum Gasteiger partial charge on any atom is 0.0795 e. The van der Waals surface area contributed by atoms with Gasteiger partial charge in [-0.1, -0.05) is 56.0 Å². The van der Waals surface area contributed by atoms with Gasteiger partial charge in [0.25, 0.3) is 0 Å². The molecule has 3 heterocycles. The second-order valence-corrected chi connectivity index (χ2v) is 15.7. The minimum atomic E-state index is -2.11. The van der Waals surface area contributed by atoms with Gasteiger partial charge in [-0.15, -0.1) is 83.1 Å². The molecular formula is C32H28IrN2SSi-2. The van der Waals surface area contributed by atoms with Crippen molar-refractivity contribution >= 4 is 44.8 Å². The van der Waals surface area contributed by atoms with Crippen LogP contribution in [-0.2, 0) is 20.1 Å². The number of hydrogen-bond donors (Lipinski definition) is 0. The van der Waals surface area contributed by atoms with E-state index in [1.54, 1.807) is 12.1 Å². The Morgan fingerprint density at radius 3 is 2.05 bits per heavy atom. The molecular weight excluding hydrogens is 665 g/mol. The van der Waals surface area contributed by atoms with Crippen LogP contribution in [-0.4, -0.2) is 18.0 Å². The molecule has 0 bridgehead atoms. The van der Waals surface area contributed by atoms with Crippen molar-refractivity contribution in [1.29, 1.82) is 0 Å². The molecule has 0 spiro atoms. The summed E-state index contributed by atoms with van der Waals surface area (Å²) in [4.78, 5) is 9.04. The molecule has 2 nitrogen and oxygen atoms in total. The van der Waals surface area contributed by atoms with Crippen LogP contribution in [0.2, 0.25) is 19.6 Å². The van der Waals surface area contributed by atoms with Crippen molar-refractivity contribution in [3.8, 4) is 22.5 Å². The monoisotopic (exact) mass is 696 g/mol. The van der Waals surface area contributed by atoms with E-state index in [0.29, 0.717) is 5.56 Å². The molecule has 37 heavy (non-hydrogen) atoms. The number of rotatable bonds is 3. The average molecular weight is 696 g/mol. The Balaban J connectivity index is 0.000000192. The summed E-state index contributed by atoms with van der Waals surface area (Å²) >= 11 is 1.51. The predicted octanol–water partition coefficient (Wildman–Crippen LogP) is 8.32. The SMILES string of the molecule is C[Si](C)(C)c1ccc(-c2[c-]cccc2)nc1.[2H]C([2H])([2H])c1cccc2c1sc1cc(-c3[c-]cccc3)ncc12.[Ir]. The molecule has 6 aromatic rings. The fourth-order valence-corrected chi connectivity index (χ4v) is 6.11. The van der Waals surface area contributed by atoms with Gasteiger partial charge in [-0.2, -0.15) is 0 Å². The minimum Gasteiger partial charge on any atom is -0.305 e. The molecule has 0 amide bonds. The first-order valence-electron chi connectivity index (χ1n) is 13.3. The molecule has 0 aliphatic carbocycles. The fourth-order valence-electron chi connectivity index (χ4n) is 3.94. The van der Waals surface area contributed by atoms with Crippen molar-refractivity contribution in [3.63, 3.8) is 0 Å². The number of aryl methyl sites for hydroxylation is 1. The molecule has 0 saturated heterocycles. The molecule has 0 unspecified atom stereocenters. The number of nitrogens with zero attached hydrogens (tertiary/aromatic N) is 2. The van der Waals surface area contributed by atoms with Crippen LogP contribution in [0, 0.1) is 19.0 Å². The van der Waals surface area contributed by atoms with Gasteiger partial charge >= 0.3 is 0 Å². The Morgan fingerprint density at radius 2 is 1.46 bits per heavy atom. The smallest absolute Gasteiger partial charge is 0.0795 e. The van der Waals surface area contributed by atoms with E-state index in [1.807, 2.05) is 73.1 Å². The number of fused-ring (bicyclic) bond motifs is 3. The van der Waals surface area contributed by atoms with E-state index >= 15 is 0 Å². The summed E-state index contributed by atoms with van der Waals surface area (Å²) in [5.41, 5.74) is 4.25. The summed E-state index contributed by atoms with van der Waals surface area (Å²) < 4.78 is 25.0. The van der Waals surface area contributed by atoms with Gasteiger partial charge in [-0.05, 0) is 29.0 Å². The van der Waals surface area contributed by atoms with E-state index in [1.165, 1.54) is 16.5 Å². The fraction of sp³-hybridized carbons (Fsp3) is 0.125. The third-order valence-corrected chi connectivity index (χ3v) is 9.21. The van der Waals surface area contributed by atoms with Gasteiger partial charge in [0.1, 0.15) is 0 Å². The summed E-state index contributed by atoms with van der Waals surface area (Å²) in [5, 5.41) is 3.35. The normalized spacial score (nSPS) is 12.6. The zero-order chi connectivity index (χ0) is 27.6. The molecule has 6 rings (SSSR count). The van der Waals surface area contributed by atoms with Crippen LogP contribution in [0.1, 0.15) is 9.68 Å². The summed E-state index contributed by atoms with van der Waals surface area (Å²) in [5.74, 6) is 0. The molecule has 0 fully saturated rings. The van der Waals surface area contributed by atoms with E-state index in [-0.39, 0.29) is 20.1 Å². The quantitative estimate of drug-likeness (QED) is 0.138. The number of thiophene rings is 1. The van der Waals surface area contributed by atoms with Gasteiger partial charge < -0.3 is 9.97 Å². The zero-order valence-corrected chi connectivity index (χ0v) is 25.1. The first kappa shape index (κ1) is 23.2. The third kappa shape index (κ3) is 6.14. The molecule has 0 atom stereocenters. The third-order valence-electron chi connectivity index (χ3n) is 5.98. The Hall–Kier alpha value is -2.95. The van der Waals surface area contributed by atoms with Gasteiger partial charge in [-0.3, -0.25) is 0 Å². The summed E-state index contributed by atoms with van der Waals surface area (Å²) in [6.07, 6.45) is 3.84. The van der Waals surface area contributed by atoms with Crippen molar-refractivity contribution < 1.29 is 24.2 Å². The molecule has 0 N–H and O–H groups in total. The van der Waals surface area contributed by atoms with Crippen LogP contribution in [0.4, 0.5) is 0 Å². The standard InChI is InChI=1S/C18H12NS.C14H16NSi.Ir/c1-12-6-5-9-14-15-11-19-16(10-17(15)20-18(12)14)13-7-3-2-4-8-13;1-16(2,3)13-9-10-14(15-11-13)12-7-5-4-6-8-12;/h2-7,9-11H,1H3;4-7,9-11H,1-3H3;/q2*-1;/i1D3;;. The van der Waals surface area contributed by atoms with Crippen molar-refractivity contribution in [2.24, 2.45) is 0 Å². The van der Waals surface area contributed by atoms with Crippen LogP contribution in [0.25, 0.3) is 42.7 Å². The van der Waals surface area contributed by atoms with Gasteiger partial charge in [-0.25, -0.2) is 0 Å². The van der Waals surface area contributed by atoms with Gasteiger partial charge in [0, 0.05) is 56.8 Å². The Morgan fingerprint density at radius 1 is 0.757 bits per heavy atom. The summed E-state index contributed by atoms with van der Waals surface area (Å²) in [7, 11) is -1.23. The molecule has 1 radical (unpaired) electrons. The molecule has 187 valence electrons. The van der Waals surface area contributed by atoms with Crippen LogP contribution >= 0.6 is 11.3 Å². The molecule has 3 aromatic carbocycles. The van der Waals surface area contributed by atoms with Gasteiger partial charge in [0.15, 0.2) is 0 Å². The molecule has 5 heteroatoms. The first-order chi connectivity index (χ1) is 18.6. The summed E-state index contributed by atoms with van der Waals surface area (Å²) in [6, 6.07) is 33.8. The second kappa shape index (κ2) is 11.6. The molecule has 0 saturated carbocycles. The number of pyridine rings is 2. The van der Waals surface area contributed by atoms with Crippen molar-refractivity contribution in [2.45, 2.75) is 26.5 Å². The number of aromatic nitrogens is 2. The van der Waals surface area contributed by atoms with Gasteiger partial charge in [0.05, 0.1) is 8.07 Å². The topological polar surface area (TPSA) is 25.8 Å². The predicted molar refractivity (Wildman–Crippen MR) is 158 cm³/mol. The van der Waals surface area contributed by atoms with Crippen LogP contribution < -0.4 is 5.19 Å².